The Hall–Kier alpha value is -1.85. The van der Waals surface area contributed by atoms with Crippen molar-refractivity contribution in [2.24, 2.45) is 0 Å². The summed E-state index contributed by atoms with van der Waals surface area (Å²) >= 11 is 7.15. The van der Waals surface area contributed by atoms with Crippen LogP contribution < -0.4 is 10.6 Å². The molecule has 0 unspecified atom stereocenters. The van der Waals surface area contributed by atoms with Crippen LogP contribution in [0, 0.1) is 0 Å². The average Bonchev–Trinajstić information content (AvgIpc) is 2.92. The third kappa shape index (κ3) is 2.94. The number of carbonyl (C=O) groups is 2. The van der Waals surface area contributed by atoms with Crippen LogP contribution in [-0.4, -0.2) is 18.4 Å². The van der Waals surface area contributed by atoms with Gasteiger partial charge in [0.25, 0.3) is 11.8 Å². The van der Waals surface area contributed by atoms with Gasteiger partial charge in [-0.1, -0.05) is 23.7 Å². The molecule has 1 aliphatic heterocycles. The van der Waals surface area contributed by atoms with Gasteiger partial charge in [0.05, 0.1) is 10.4 Å². The van der Waals surface area contributed by atoms with Crippen molar-refractivity contribution in [2.45, 2.75) is 13.0 Å². The number of rotatable bonds is 3. The number of halogens is 1. The molecule has 0 bridgehead atoms. The van der Waals surface area contributed by atoms with Crippen molar-refractivity contribution in [3.8, 4) is 0 Å². The lowest BCUT2D eigenvalue weighted by atomic mass is 10.0. The lowest BCUT2D eigenvalue weighted by molar-refractivity contribution is 0.0948. The Bertz CT molecular complexity index is 694. The Morgan fingerprint density at radius 2 is 2.10 bits per heavy atom. The van der Waals surface area contributed by atoms with E-state index in [2.05, 4.69) is 10.6 Å². The van der Waals surface area contributed by atoms with E-state index < -0.39 is 0 Å². The highest BCUT2D eigenvalue weighted by Crippen LogP contribution is 2.25. The molecule has 2 heterocycles. The molecular weight excluding hydrogens is 308 g/mol. The zero-order valence-electron chi connectivity index (χ0n) is 11.1. The van der Waals surface area contributed by atoms with Gasteiger partial charge in [0.2, 0.25) is 0 Å². The first kappa shape index (κ1) is 14.1. The van der Waals surface area contributed by atoms with Crippen LogP contribution in [0.5, 0.6) is 0 Å². The number of benzene rings is 1. The van der Waals surface area contributed by atoms with Gasteiger partial charge in [0, 0.05) is 23.5 Å². The predicted molar refractivity (Wildman–Crippen MR) is 83.0 cm³/mol. The highest BCUT2D eigenvalue weighted by Gasteiger charge is 2.24. The van der Waals surface area contributed by atoms with Gasteiger partial charge in [-0.05, 0) is 29.7 Å². The van der Waals surface area contributed by atoms with Crippen molar-refractivity contribution in [3.05, 3.63) is 56.2 Å². The summed E-state index contributed by atoms with van der Waals surface area (Å²) in [6, 6.07) is 7.33. The van der Waals surface area contributed by atoms with E-state index in [1.807, 2.05) is 12.1 Å². The third-order valence-corrected chi connectivity index (χ3v) is 4.64. The maximum absolute atomic E-state index is 12.3. The van der Waals surface area contributed by atoms with Crippen molar-refractivity contribution in [2.75, 3.05) is 6.54 Å². The van der Waals surface area contributed by atoms with E-state index in [0.717, 1.165) is 11.1 Å². The molecule has 0 spiro atoms. The number of nitrogens with one attached hydrogen (secondary N) is 2. The van der Waals surface area contributed by atoms with Crippen molar-refractivity contribution < 1.29 is 9.59 Å². The van der Waals surface area contributed by atoms with Crippen LogP contribution in [0.15, 0.2) is 29.6 Å². The third-order valence-electron chi connectivity index (χ3n) is 3.37. The summed E-state index contributed by atoms with van der Waals surface area (Å²) in [5.41, 5.74) is 2.45. The molecule has 0 saturated carbocycles. The van der Waals surface area contributed by atoms with Gasteiger partial charge in [-0.3, -0.25) is 9.59 Å². The van der Waals surface area contributed by atoms with Crippen LogP contribution in [0.4, 0.5) is 0 Å². The fourth-order valence-electron chi connectivity index (χ4n) is 2.27. The van der Waals surface area contributed by atoms with Crippen LogP contribution in [-0.2, 0) is 13.0 Å². The van der Waals surface area contributed by atoms with E-state index in [1.54, 1.807) is 17.5 Å². The maximum atomic E-state index is 12.3. The molecule has 0 fully saturated rings. The molecule has 2 N–H and O–H groups in total. The predicted octanol–water partition coefficient (Wildman–Crippen LogP) is 2.62. The maximum Gasteiger partial charge on any atom is 0.261 e. The smallest absolute Gasteiger partial charge is 0.261 e. The van der Waals surface area contributed by atoms with Crippen molar-refractivity contribution >= 4 is 34.8 Å². The van der Waals surface area contributed by atoms with Crippen LogP contribution in [0.2, 0.25) is 5.02 Å². The Morgan fingerprint density at radius 3 is 2.86 bits per heavy atom. The molecule has 4 nitrogen and oxygen atoms in total. The number of carbonyl (C=O) groups excluding carboxylic acids is 2. The van der Waals surface area contributed by atoms with Crippen LogP contribution >= 0.6 is 22.9 Å². The number of fused-ring (bicyclic) bond motifs is 1. The monoisotopic (exact) mass is 320 g/mol. The Morgan fingerprint density at radius 1 is 1.33 bits per heavy atom. The largest absolute Gasteiger partial charge is 0.351 e. The fourth-order valence-corrected chi connectivity index (χ4v) is 3.42. The summed E-state index contributed by atoms with van der Waals surface area (Å²) in [4.78, 5) is 24.6. The van der Waals surface area contributed by atoms with Gasteiger partial charge in [-0.2, -0.15) is 0 Å². The molecule has 6 heteroatoms. The zero-order valence-corrected chi connectivity index (χ0v) is 12.7. The first-order chi connectivity index (χ1) is 10.1. The highest BCUT2D eigenvalue weighted by molar-refractivity contribution is 7.12. The molecule has 3 rings (SSSR count). The van der Waals surface area contributed by atoms with Gasteiger partial charge in [-0.15, -0.1) is 11.3 Å². The van der Waals surface area contributed by atoms with E-state index in [1.165, 1.54) is 11.3 Å². The fraction of sp³-hybridized carbons (Fsp3) is 0.200. The summed E-state index contributed by atoms with van der Waals surface area (Å²) in [5.74, 6) is -0.227. The van der Waals surface area contributed by atoms with Crippen LogP contribution in [0.1, 0.15) is 31.2 Å². The number of thiophene rings is 1. The van der Waals surface area contributed by atoms with Crippen molar-refractivity contribution in [1.82, 2.24) is 10.6 Å². The second-order valence-electron chi connectivity index (χ2n) is 4.77. The minimum Gasteiger partial charge on any atom is -0.351 e. The van der Waals surface area contributed by atoms with Crippen LogP contribution in [0.25, 0.3) is 0 Å². The Kier molecular flexibility index (Phi) is 3.94. The second kappa shape index (κ2) is 5.87. The van der Waals surface area contributed by atoms with E-state index in [0.29, 0.717) is 35.0 Å². The number of hydrogen-bond donors (Lipinski definition) is 2. The molecule has 2 amide bonds. The number of amides is 2. The normalized spacial score (nSPS) is 13.5. The second-order valence-corrected chi connectivity index (χ2v) is 6.09. The average molecular weight is 321 g/mol. The summed E-state index contributed by atoms with van der Waals surface area (Å²) in [5, 5.41) is 8.09. The van der Waals surface area contributed by atoms with E-state index >= 15 is 0 Å². The molecule has 0 atom stereocenters. The summed E-state index contributed by atoms with van der Waals surface area (Å²) in [6.07, 6.45) is 0.703. The molecule has 1 aromatic heterocycles. The first-order valence-corrected chi connectivity index (χ1v) is 7.82. The minimum atomic E-state index is -0.142. The summed E-state index contributed by atoms with van der Waals surface area (Å²) < 4.78 is 0. The van der Waals surface area contributed by atoms with Gasteiger partial charge in [-0.25, -0.2) is 0 Å². The Balaban J connectivity index is 1.71. The number of hydrogen-bond acceptors (Lipinski definition) is 3. The minimum absolute atomic E-state index is 0.0852. The lowest BCUT2D eigenvalue weighted by Crippen LogP contribution is -2.32. The summed E-state index contributed by atoms with van der Waals surface area (Å²) in [6.45, 7) is 1.02. The standard InChI is InChI=1S/C15H13ClN2O2S/c16-10-3-1-9(2-4-10)7-18-14(19)12-8-21-13-11(12)5-6-17-15(13)20/h1-4,8H,5-7H2,(H,17,20)(H,18,19). The molecule has 0 aliphatic carbocycles. The molecule has 21 heavy (non-hydrogen) atoms. The molecular formula is C15H13ClN2O2S. The van der Waals surface area contributed by atoms with E-state index in [4.69, 9.17) is 11.6 Å². The van der Waals surface area contributed by atoms with Gasteiger partial charge in [0.15, 0.2) is 0 Å². The van der Waals surface area contributed by atoms with E-state index in [-0.39, 0.29) is 11.8 Å². The topological polar surface area (TPSA) is 58.2 Å². The van der Waals surface area contributed by atoms with Gasteiger partial charge in [0.1, 0.15) is 0 Å². The SMILES string of the molecule is O=C(NCc1ccc(Cl)cc1)c1csc2c1CCNC2=O. The molecule has 1 aliphatic rings. The quantitative estimate of drug-likeness (QED) is 0.913. The Labute approximate surface area is 131 Å². The zero-order chi connectivity index (χ0) is 14.8. The molecule has 1 aromatic carbocycles. The van der Waals surface area contributed by atoms with Crippen LogP contribution in [0.3, 0.4) is 0 Å². The molecule has 0 saturated heterocycles. The lowest BCUT2D eigenvalue weighted by Gasteiger charge is -2.13. The van der Waals surface area contributed by atoms with Gasteiger partial charge >= 0.3 is 0 Å². The van der Waals surface area contributed by atoms with Crippen molar-refractivity contribution in [3.63, 3.8) is 0 Å². The highest BCUT2D eigenvalue weighted by atomic mass is 35.5. The molecule has 108 valence electrons. The molecule has 2 aromatic rings. The van der Waals surface area contributed by atoms with Gasteiger partial charge < -0.3 is 10.6 Å². The first-order valence-electron chi connectivity index (χ1n) is 6.56. The molecule has 0 radical (unpaired) electrons. The van der Waals surface area contributed by atoms with Crippen molar-refractivity contribution in [1.29, 1.82) is 0 Å². The summed E-state index contributed by atoms with van der Waals surface area (Å²) in [7, 11) is 0. The van der Waals surface area contributed by atoms with E-state index in [9.17, 15) is 9.59 Å².